The minimum absolute atomic E-state index is 0.108. The summed E-state index contributed by atoms with van der Waals surface area (Å²) in [6.45, 7) is 5.70. The van der Waals surface area contributed by atoms with Gasteiger partial charge in [-0.3, -0.25) is 4.90 Å². The molecule has 146 valence electrons. The number of fused-ring (bicyclic) bond motifs is 1. The molecular weight excluding hydrogens is 368 g/mol. The number of nitrogens with zero attached hydrogens (tertiary/aromatic N) is 4. The first-order valence-corrected chi connectivity index (χ1v) is 9.56. The molecule has 0 aromatic carbocycles. The SMILES string of the molecule is CC(C)(C)N(Cc1cc2cnc(Cl)nc2n1C1(C=O)CCCCC1)C(=O)O. The molecule has 0 spiro atoms. The van der Waals surface area contributed by atoms with Crippen LogP contribution in [-0.4, -0.2) is 42.5 Å². The van der Waals surface area contributed by atoms with Crippen molar-refractivity contribution in [2.75, 3.05) is 0 Å². The first kappa shape index (κ1) is 19.6. The molecular formula is C19H25ClN4O3. The molecule has 7 nitrogen and oxygen atoms in total. The fraction of sp³-hybridized carbons (Fsp3) is 0.579. The molecule has 8 heteroatoms. The van der Waals surface area contributed by atoms with Crippen LogP contribution in [-0.2, 0) is 16.9 Å². The lowest BCUT2D eigenvalue weighted by Crippen LogP contribution is -2.46. The zero-order valence-electron chi connectivity index (χ0n) is 15.9. The van der Waals surface area contributed by atoms with Crippen LogP contribution in [0.2, 0.25) is 5.28 Å². The second-order valence-electron chi connectivity index (χ2n) is 8.21. The highest BCUT2D eigenvalue weighted by Gasteiger charge is 2.38. The highest BCUT2D eigenvalue weighted by Crippen LogP contribution is 2.38. The molecule has 0 radical (unpaired) electrons. The summed E-state index contributed by atoms with van der Waals surface area (Å²) in [5, 5.41) is 10.6. The van der Waals surface area contributed by atoms with Gasteiger partial charge < -0.3 is 14.5 Å². The van der Waals surface area contributed by atoms with Crippen molar-refractivity contribution in [3.63, 3.8) is 0 Å². The van der Waals surface area contributed by atoms with Crippen LogP contribution in [0.15, 0.2) is 12.3 Å². The largest absolute Gasteiger partial charge is 0.465 e. The molecule has 0 saturated heterocycles. The van der Waals surface area contributed by atoms with E-state index in [1.54, 1.807) is 6.20 Å². The van der Waals surface area contributed by atoms with Crippen LogP contribution in [0.5, 0.6) is 0 Å². The summed E-state index contributed by atoms with van der Waals surface area (Å²) in [7, 11) is 0. The van der Waals surface area contributed by atoms with Crippen molar-refractivity contribution in [1.29, 1.82) is 0 Å². The van der Waals surface area contributed by atoms with Crippen LogP contribution in [0, 0.1) is 0 Å². The standard InChI is InChI=1S/C19H25ClN4O3/c1-18(2,3)23(17(26)27)11-14-9-13-10-21-16(20)22-15(13)24(14)19(12-25)7-5-4-6-8-19/h9-10,12H,4-8,11H2,1-3H3,(H,26,27). The van der Waals surface area contributed by atoms with Gasteiger partial charge in [-0.15, -0.1) is 0 Å². The first-order chi connectivity index (χ1) is 12.7. The predicted molar refractivity (Wildman–Crippen MR) is 103 cm³/mol. The molecule has 3 rings (SSSR count). The molecule has 1 N–H and O–H groups in total. The summed E-state index contributed by atoms with van der Waals surface area (Å²) in [4.78, 5) is 33.9. The number of halogens is 1. The molecule has 1 saturated carbocycles. The van der Waals surface area contributed by atoms with Crippen molar-refractivity contribution in [1.82, 2.24) is 19.4 Å². The van der Waals surface area contributed by atoms with Gasteiger partial charge in [0.25, 0.3) is 0 Å². The zero-order valence-corrected chi connectivity index (χ0v) is 16.7. The van der Waals surface area contributed by atoms with Gasteiger partial charge in [-0.25, -0.2) is 9.78 Å². The summed E-state index contributed by atoms with van der Waals surface area (Å²) >= 11 is 6.03. The van der Waals surface area contributed by atoms with Gasteiger partial charge in [-0.05, 0) is 51.3 Å². The second kappa shape index (κ2) is 7.11. The second-order valence-corrected chi connectivity index (χ2v) is 8.55. The topological polar surface area (TPSA) is 88.3 Å². The van der Waals surface area contributed by atoms with Crippen LogP contribution in [0.3, 0.4) is 0 Å². The Balaban J connectivity index is 2.20. The minimum Gasteiger partial charge on any atom is -0.465 e. The molecule has 1 aliphatic rings. The Bertz CT molecular complexity index is 866. The van der Waals surface area contributed by atoms with E-state index in [9.17, 15) is 14.7 Å². The van der Waals surface area contributed by atoms with Crippen molar-refractivity contribution < 1.29 is 14.7 Å². The molecule has 0 aliphatic heterocycles. The molecule has 0 bridgehead atoms. The molecule has 1 aliphatic carbocycles. The minimum atomic E-state index is -1.01. The van der Waals surface area contributed by atoms with E-state index < -0.39 is 17.2 Å². The highest BCUT2D eigenvalue weighted by molar-refractivity contribution is 6.28. The zero-order chi connectivity index (χ0) is 19.8. The average Bonchev–Trinajstić information content (AvgIpc) is 2.97. The molecule has 1 amide bonds. The monoisotopic (exact) mass is 392 g/mol. The normalized spacial score (nSPS) is 17.0. The lowest BCUT2D eigenvalue weighted by Gasteiger charge is -2.38. The van der Waals surface area contributed by atoms with E-state index in [0.29, 0.717) is 18.5 Å². The van der Waals surface area contributed by atoms with Crippen molar-refractivity contribution in [2.24, 2.45) is 0 Å². The Labute approximate surface area is 163 Å². The highest BCUT2D eigenvalue weighted by atomic mass is 35.5. The Hall–Kier alpha value is -2.15. The molecule has 2 heterocycles. The Morgan fingerprint density at radius 2 is 2.04 bits per heavy atom. The maximum absolute atomic E-state index is 12.3. The van der Waals surface area contributed by atoms with Crippen molar-refractivity contribution >= 4 is 35.0 Å². The molecule has 2 aromatic rings. The van der Waals surface area contributed by atoms with E-state index in [1.807, 2.05) is 31.4 Å². The predicted octanol–water partition coefficient (Wildman–Crippen LogP) is 4.22. The van der Waals surface area contributed by atoms with Crippen molar-refractivity contribution in [3.05, 3.63) is 23.2 Å². The van der Waals surface area contributed by atoms with Crippen LogP contribution in [0.25, 0.3) is 11.0 Å². The third-order valence-electron chi connectivity index (χ3n) is 5.33. The molecule has 0 atom stereocenters. The fourth-order valence-electron chi connectivity index (χ4n) is 3.95. The lowest BCUT2D eigenvalue weighted by molar-refractivity contribution is -0.116. The third-order valence-corrected chi connectivity index (χ3v) is 5.51. The van der Waals surface area contributed by atoms with Crippen LogP contribution in [0.4, 0.5) is 4.79 Å². The van der Waals surface area contributed by atoms with Gasteiger partial charge in [-0.2, -0.15) is 4.98 Å². The first-order valence-electron chi connectivity index (χ1n) is 9.18. The number of carboxylic acid groups (broad SMARTS) is 1. The Morgan fingerprint density at radius 3 is 2.59 bits per heavy atom. The number of aromatic nitrogens is 3. The van der Waals surface area contributed by atoms with Crippen LogP contribution >= 0.6 is 11.6 Å². The van der Waals surface area contributed by atoms with E-state index in [-0.39, 0.29) is 11.8 Å². The molecule has 1 fully saturated rings. The van der Waals surface area contributed by atoms with Gasteiger partial charge in [0.2, 0.25) is 5.28 Å². The van der Waals surface area contributed by atoms with Gasteiger partial charge in [0.1, 0.15) is 17.5 Å². The van der Waals surface area contributed by atoms with Gasteiger partial charge in [-0.1, -0.05) is 19.3 Å². The van der Waals surface area contributed by atoms with Gasteiger partial charge >= 0.3 is 6.09 Å². The van der Waals surface area contributed by atoms with E-state index in [4.69, 9.17) is 11.6 Å². The van der Waals surface area contributed by atoms with E-state index in [2.05, 4.69) is 9.97 Å². The van der Waals surface area contributed by atoms with Gasteiger partial charge in [0.15, 0.2) is 0 Å². The lowest BCUT2D eigenvalue weighted by atomic mass is 9.82. The van der Waals surface area contributed by atoms with E-state index >= 15 is 0 Å². The summed E-state index contributed by atoms with van der Waals surface area (Å²) in [6, 6.07) is 1.87. The third kappa shape index (κ3) is 3.65. The van der Waals surface area contributed by atoms with E-state index in [0.717, 1.165) is 36.6 Å². The summed E-state index contributed by atoms with van der Waals surface area (Å²) in [5.41, 5.74) is -0.00183. The number of hydrogen-bond donors (Lipinski definition) is 1. The average molecular weight is 393 g/mol. The fourth-order valence-corrected chi connectivity index (χ4v) is 4.08. The van der Waals surface area contributed by atoms with Gasteiger partial charge in [0, 0.05) is 22.8 Å². The number of rotatable bonds is 4. The molecule has 27 heavy (non-hydrogen) atoms. The number of aldehydes is 1. The van der Waals surface area contributed by atoms with E-state index in [1.165, 1.54) is 4.90 Å². The van der Waals surface area contributed by atoms with Gasteiger partial charge in [0.05, 0.1) is 6.54 Å². The summed E-state index contributed by atoms with van der Waals surface area (Å²) in [6.07, 6.45) is 5.99. The number of amides is 1. The molecule has 0 unspecified atom stereocenters. The summed E-state index contributed by atoms with van der Waals surface area (Å²) < 4.78 is 1.91. The Morgan fingerprint density at radius 1 is 1.37 bits per heavy atom. The molecule has 2 aromatic heterocycles. The van der Waals surface area contributed by atoms with Crippen molar-refractivity contribution in [2.45, 2.75) is 70.5 Å². The van der Waals surface area contributed by atoms with Crippen LogP contribution < -0.4 is 0 Å². The number of hydrogen-bond acceptors (Lipinski definition) is 4. The van der Waals surface area contributed by atoms with Crippen molar-refractivity contribution in [3.8, 4) is 0 Å². The van der Waals surface area contributed by atoms with Crippen LogP contribution in [0.1, 0.15) is 58.6 Å². The number of carbonyl (C=O) groups excluding carboxylic acids is 1. The number of carbonyl (C=O) groups is 2. The Kier molecular flexibility index (Phi) is 5.16. The quantitative estimate of drug-likeness (QED) is 0.621. The maximum Gasteiger partial charge on any atom is 0.408 e. The summed E-state index contributed by atoms with van der Waals surface area (Å²) in [5.74, 6) is 0. The smallest absolute Gasteiger partial charge is 0.408 e. The maximum atomic E-state index is 12.3.